The SMILES string of the molecule is COc1ccc(C(C(=O)N2CCC[C@@H]2c2cccc(NC(C)=O)c2)N(N)c2ccc3cnccc3c2)cc1OC. The smallest absolute Gasteiger partial charge is 0.251 e. The van der Waals surface area contributed by atoms with Gasteiger partial charge in [0.05, 0.1) is 25.9 Å². The number of ether oxygens (including phenoxy) is 2. The quantitative estimate of drug-likeness (QED) is 0.240. The first-order chi connectivity index (χ1) is 19.4. The molecule has 0 aliphatic carbocycles. The number of fused-ring (bicyclic) bond motifs is 1. The highest BCUT2D eigenvalue weighted by Gasteiger charge is 2.37. The molecule has 9 heteroatoms. The molecule has 2 heterocycles. The number of hydrogen-bond acceptors (Lipinski definition) is 7. The maximum atomic E-state index is 14.5. The third-order valence-electron chi connectivity index (χ3n) is 7.29. The lowest BCUT2D eigenvalue weighted by Gasteiger charge is -2.35. The summed E-state index contributed by atoms with van der Waals surface area (Å²) in [6, 6.07) is 19.8. The Bertz CT molecular complexity index is 1540. The number of anilines is 2. The normalized spacial score (nSPS) is 15.5. The zero-order valence-electron chi connectivity index (χ0n) is 22.8. The van der Waals surface area contributed by atoms with Gasteiger partial charge in [0.25, 0.3) is 5.91 Å². The molecule has 0 bridgehead atoms. The molecule has 1 aliphatic heterocycles. The molecule has 3 aromatic carbocycles. The van der Waals surface area contributed by atoms with Gasteiger partial charge >= 0.3 is 0 Å². The average Bonchev–Trinajstić information content (AvgIpc) is 3.47. The van der Waals surface area contributed by atoms with E-state index in [-0.39, 0.29) is 17.9 Å². The lowest BCUT2D eigenvalue weighted by atomic mass is 10.00. The standard InChI is InChI=1S/C31H33N5O4/c1-20(37)34-25-7-4-6-22(16-25)27-8-5-15-35(27)31(38)30(23-10-12-28(39-2)29(18-23)40-3)36(32)26-11-9-24-19-33-14-13-21(24)17-26/h4,6-7,9-14,16-19,27,30H,5,8,15,32H2,1-3H3,(H,34,37)/t27-,30?/m1/s1. The van der Waals surface area contributed by atoms with E-state index < -0.39 is 6.04 Å². The molecule has 3 N–H and O–H groups in total. The highest BCUT2D eigenvalue weighted by Crippen LogP contribution is 2.39. The first kappa shape index (κ1) is 27.0. The molecular weight excluding hydrogens is 506 g/mol. The molecule has 4 aromatic rings. The minimum Gasteiger partial charge on any atom is -0.493 e. The van der Waals surface area contributed by atoms with Crippen LogP contribution in [0.5, 0.6) is 11.5 Å². The number of amides is 2. The summed E-state index contributed by atoms with van der Waals surface area (Å²) in [5, 5.41) is 6.31. The molecule has 1 fully saturated rings. The van der Waals surface area contributed by atoms with Crippen LogP contribution in [0.15, 0.2) is 79.1 Å². The molecule has 1 aromatic heterocycles. The van der Waals surface area contributed by atoms with Crippen LogP contribution in [0, 0.1) is 0 Å². The molecule has 9 nitrogen and oxygen atoms in total. The molecule has 0 saturated carbocycles. The fraction of sp³-hybridized carbons (Fsp3) is 0.258. The number of hydrogen-bond donors (Lipinski definition) is 2. The maximum absolute atomic E-state index is 14.5. The summed E-state index contributed by atoms with van der Waals surface area (Å²) in [6.45, 7) is 2.07. The second-order valence-corrected chi connectivity index (χ2v) is 9.83. The van der Waals surface area contributed by atoms with Gasteiger partial charge in [0.2, 0.25) is 5.91 Å². The molecule has 40 heavy (non-hydrogen) atoms. The molecule has 0 radical (unpaired) electrons. The Morgan fingerprint density at radius 1 is 1.02 bits per heavy atom. The third-order valence-corrected chi connectivity index (χ3v) is 7.29. The second-order valence-electron chi connectivity index (χ2n) is 9.83. The van der Waals surface area contributed by atoms with E-state index in [1.807, 2.05) is 59.5 Å². The molecule has 2 atom stereocenters. The van der Waals surface area contributed by atoms with E-state index in [0.717, 1.165) is 29.2 Å². The largest absolute Gasteiger partial charge is 0.493 e. The van der Waals surface area contributed by atoms with Crippen LogP contribution < -0.4 is 25.6 Å². The van der Waals surface area contributed by atoms with Gasteiger partial charge in [-0.2, -0.15) is 0 Å². The van der Waals surface area contributed by atoms with E-state index in [1.165, 1.54) is 11.9 Å². The van der Waals surface area contributed by atoms with Crippen molar-refractivity contribution in [3.8, 4) is 11.5 Å². The van der Waals surface area contributed by atoms with E-state index in [0.29, 0.717) is 35.0 Å². The number of nitrogens with one attached hydrogen (secondary N) is 1. The zero-order chi connectivity index (χ0) is 28.2. The maximum Gasteiger partial charge on any atom is 0.251 e. The number of nitrogens with two attached hydrogens (primary N) is 1. The summed E-state index contributed by atoms with van der Waals surface area (Å²) in [5.74, 6) is 7.61. The summed E-state index contributed by atoms with van der Waals surface area (Å²) in [6.07, 6.45) is 5.18. The van der Waals surface area contributed by atoms with Crippen LogP contribution >= 0.6 is 0 Å². The third kappa shape index (κ3) is 5.41. The predicted octanol–water partition coefficient (Wildman–Crippen LogP) is 5.00. The van der Waals surface area contributed by atoms with Crippen LogP contribution in [0.1, 0.15) is 43.0 Å². The number of aromatic nitrogens is 1. The van der Waals surface area contributed by atoms with Gasteiger partial charge in [0.15, 0.2) is 11.5 Å². The molecular formula is C31H33N5O4. The van der Waals surface area contributed by atoms with Gasteiger partial charge < -0.3 is 19.7 Å². The van der Waals surface area contributed by atoms with Crippen LogP contribution in [0.2, 0.25) is 0 Å². The van der Waals surface area contributed by atoms with Crippen molar-refractivity contribution >= 4 is 34.0 Å². The number of nitrogens with zero attached hydrogens (tertiary/aromatic N) is 3. The van der Waals surface area contributed by atoms with Crippen LogP contribution in [0.25, 0.3) is 10.8 Å². The number of hydrazine groups is 1. The molecule has 1 saturated heterocycles. The minimum atomic E-state index is -0.835. The van der Waals surface area contributed by atoms with Crippen molar-refractivity contribution in [1.29, 1.82) is 0 Å². The number of carbonyl (C=O) groups is 2. The predicted molar refractivity (Wildman–Crippen MR) is 155 cm³/mol. The van der Waals surface area contributed by atoms with E-state index in [9.17, 15) is 9.59 Å². The zero-order valence-corrected chi connectivity index (χ0v) is 22.8. The number of benzene rings is 3. The summed E-state index contributed by atoms with van der Waals surface area (Å²) < 4.78 is 11.0. The molecule has 1 unspecified atom stereocenters. The Morgan fingerprint density at radius 2 is 1.85 bits per heavy atom. The fourth-order valence-electron chi connectivity index (χ4n) is 5.39. The van der Waals surface area contributed by atoms with Gasteiger partial charge in [-0.05, 0) is 71.8 Å². The van der Waals surface area contributed by atoms with Crippen molar-refractivity contribution < 1.29 is 19.1 Å². The van der Waals surface area contributed by atoms with Gasteiger partial charge in [-0.3, -0.25) is 19.6 Å². The van der Waals surface area contributed by atoms with Crippen LogP contribution in [0.4, 0.5) is 11.4 Å². The van der Waals surface area contributed by atoms with Gasteiger partial charge in [-0.15, -0.1) is 0 Å². The Labute approximate surface area is 233 Å². The Kier molecular flexibility index (Phi) is 7.84. The second kappa shape index (κ2) is 11.6. The van der Waals surface area contributed by atoms with Gasteiger partial charge in [-0.1, -0.05) is 24.3 Å². The summed E-state index contributed by atoms with van der Waals surface area (Å²) >= 11 is 0. The van der Waals surface area contributed by atoms with Crippen LogP contribution in [0.3, 0.4) is 0 Å². The van der Waals surface area contributed by atoms with Crippen molar-refractivity contribution in [2.45, 2.75) is 31.8 Å². The molecule has 2 amide bonds. The van der Waals surface area contributed by atoms with Crippen molar-refractivity contribution in [2.24, 2.45) is 5.84 Å². The number of rotatable bonds is 8. The van der Waals surface area contributed by atoms with E-state index in [4.69, 9.17) is 15.3 Å². The minimum absolute atomic E-state index is 0.128. The number of pyridine rings is 1. The first-order valence-electron chi connectivity index (χ1n) is 13.2. The number of methoxy groups -OCH3 is 2. The van der Waals surface area contributed by atoms with E-state index in [1.54, 1.807) is 38.7 Å². The molecule has 5 rings (SSSR count). The van der Waals surface area contributed by atoms with Crippen molar-refractivity contribution in [3.63, 3.8) is 0 Å². The topological polar surface area (TPSA) is 110 Å². The average molecular weight is 540 g/mol. The number of carbonyl (C=O) groups excluding carboxylic acids is 2. The Balaban J connectivity index is 1.55. The van der Waals surface area contributed by atoms with Gasteiger partial charge in [0, 0.05) is 36.9 Å². The van der Waals surface area contributed by atoms with Gasteiger partial charge in [-0.25, -0.2) is 5.84 Å². The number of likely N-dealkylation sites (tertiary alicyclic amines) is 1. The summed E-state index contributed by atoms with van der Waals surface area (Å²) in [5.41, 5.74) is 3.03. The molecule has 0 spiro atoms. The molecule has 206 valence electrons. The van der Waals surface area contributed by atoms with E-state index in [2.05, 4.69) is 10.3 Å². The Hall–Kier alpha value is -4.63. The van der Waals surface area contributed by atoms with Gasteiger partial charge in [0.1, 0.15) is 6.04 Å². The van der Waals surface area contributed by atoms with Crippen LogP contribution in [-0.4, -0.2) is 42.5 Å². The monoisotopic (exact) mass is 539 g/mol. The van der Waals surface area contributed by atoms with E-state index >= 15 is 0 Å². The molecule has 1 aliphatic rings. The fourth-order valence-corrected chi connectivity index (χ4v) is 5.39. The van der Waals surface area contributed by atoms with Crippen molar-refractivity contribution in [1.82, 2.24) is 9.88 Å². The highest BCUT2D eigenvalue weighted by atomic mass is 16.5. The van der Waals surface area contributed by atoms with Crippen molar-refractivity contribution in [3.05, 3.63) is 90.3 Å². The Morgan fingerprint density at radius 3 is 2.62 bits per heavy atom. The summed E-state index contributed by atoms with van der Waals surface area (Å²) in [4.78, 5) is 32.2. The summed E-state index contributed by atoms with van der Waals surface area (Å²) in [7, 11) is 3.14. The first-order valence-corrected chi connectivity index (χ1v) is 13.2. The van der Waals surface area contributed by atoms with Crippen LogP contribution in [-0.2, 0) is 9.59 Å². The highest BCUT2D eigenvalue weighted by molar-refractivity contribution is 5.90. The van der Waals surface area contributed by atoms with Crippen molar-refractivity contribution in [2.75, 3.05) is 31.1 Å². The lowest BCUT2D eigenvalue weighted by molar-refractivity contribution is -0.133. The lowest BCUT2D eigenvalue weighted by Crippen LogP contribution is -2.46.